The van der Waals surface area contributed by atoms with Gasteiger partial charge in [0, 0.05) is 25.6 Å². The number of rotatable bonds is 8. The van der Waals surface area contributed by atoms with Crippen LogP contribution in [0.25, 0.3) is 5.76 Å². The zero-order valence-corrected chi connectivity index (χ0v) is 19.2. The first-order valence-corrected chi connectivity index (χ1v) is 11.2. The van der Waals surface area contributed by atoms with Crippen molar-refractivity contribution in [3.63, 3.8) is 0 Å². The molecule has 0 aliphatic carbocycles. The number of ether oxygens (including phenoxy) is 3. The molecule has 0 saturated carbocycles. The number of nitrogens with zero attached hydrogens (tertiary/aromatic N) is 1. The zero-order chi connectivity index (χ0) is 23.5. The van der Waals surface area contributed by atoms with E-state index in [0.29, 0.717) is 36.0 Å². The molecule has 1 amide bonds. The summed E-state index contributed by atoms with van der Waals surface area (Å²) in [5.41, 5.74) is 2.21. The Morgan fingerprint density at radius 3 is 2.79 bits per heavy atom. The van der Waals surface area contributed by atoms with Crippen molar-refractivity contribution in [2.24, 2.45) is 5.92 Å². The maximum Gasteiger partial charge on any atom is 0.295 e. The maximum absolute atomic E-state index is 13.1. The highest BCUT2D eigenvalue weighted by Gasteiger charge is 2.46. The molecule has 1 unspecified atom stereocenters. The lowest BCUT2D eigenvalue weighted by Gasteiger charge is -2.25. The molecule has 1 atom stereocenters. The van der Waals surface area contributed by atoms with Gasteiger partial charge in [0.2, 0.25) is 0 Å². The van der Waals surface area contributed by atoms with Gasteiger partial charge < -0.3 is 24.2 Å². The molecular formula is C26H29NO6. The van der Waals surface area contributed by atoms with E-state index < -0.39 is 17.7 Å². The summed E-state index contributed by atoms with van der Waals surface area (Å²) in [6, 6.07) is 11.9. The molecule has 2 aromatic rings. The summed E-state index contributed by atoms with van der Waals surface area (Å²) in [6.07, 6.45) is 0.733. The molecule has 0 bridgehead atoms. The number of aliphatic hydroxyl groups excluding tert-OH is 1. The molecular weight excluding hydrogens is 422 g/mol. The van der Waals surface area contributed by atoms with Gasteiger partial charge in [-0.25, -0.2) is 0 Å². The molecule has 4 rings (SSSR count). The second kappa shape index (κ2) is 9.67. The number of fused-ring (bicyclic) bond motifs is 1. The van der Waals surface area contributed by atoms with E-state index in [9.17, 15) is 14.7 Å². The molecule has 1 N–H and O–H groups in total. The minimum Gasteiger partial charge on any atom is -0.507 e. The lowest BCUT2D eigenvalue weighted by molar-refractivity contribution is -0.140. The fourth-order valence-electron chi connectivity index (χ4n) is 4.17. The van der Waals surface area contributed by atoms with Crippen LogP contribution >= 0.6 is 0 Å². The van der Waals surface area contributed by atoms with Crippen LogP contribution in [0.3, 0.4) is 0 Å². The first-order chi connectivity index (χ1) is 15.9. The first kappa shape index (κ1) is 22.9. The third kappa shape index (κ3) is 4.59. The van der Waals surface area contributed by atoms with Gasteiger partial charge in [-0.2, -0.15) is 0 Å². The smallest absolute Gasteiger partial charge is 0.295 e. The highest BCUT2D eigenvalue weighted by molar-refractivity contribution is 6.46. The molecule has 1 fully saturated rings. The van der Waals surface area contributed by atoms with Crippen LogP contribution in [-0.2, 0) is 20.7 Å². The van der Waals surface area contributed by atoms with E-state index in [1.807, 2.05) is 30.3 Å². The summed E-state index contributed by atoms with van der Waals surface area (Å²) in [7, 11) is 1.54. The van der Waals surface area contributed by atoms with Crippen molar-refractivity contribution < 1.29 is 28.9 Å². The molecule has 174 valence electrons. The van der Waals surface area contributed by atoms with Crippen LogP contribution < -0.4 is 9.47 Å². The van der Waals surface area contributed by atoms with Gasteiger partial charge in [-0.15, -0.1) is 0 Å². The lowest BCUT2D eigenvalue weighted by Crippen LogP contribution is -2.32. The topological polar surface area (TPSA) is 85.3 Å². The van der Waals surface area contributed by atoms with Gasteiger partial charge in [-0.1, -0.05) is 26.0 Å². The number of aliphatic hydroxyl groups is 1. The number of methoxy groups -OCH3 is 1. The molecule has 33 heavy (non-hydrogen) atoms. The molecule has 2 aliphatic rings. The second-order valence-corrected chi connectivity index (χ2v) is 8.68. The van der Waals surface area contributed by atoms with Crippen molar-refractivity contribution in [2.45, 2.75) is 26.3 Å². The van der Waals surface area contributed by atoms with Crippen molar-refractivity contribution in [1.29, 1.82) is 0 Å². The predicted molar refractivity (Wildman–Crippen MR) is 123 cm³/mol. The summed E-state index contributed by atoms with van der Waals surface area (Å²) in [4.78, 5) is 27.5. The Bertz CT molecular complexity index is 1090. The van der Waals surface area contributed by atoms with E-state index in [1.54, 1.807) is 19.2 Å². The quantitative estimate of drug-likeness (QED) is 0.374. The third-order valence-corrected chi connectivity index (χ3v) is 5.80. The van der Waals surface area contributed by atoms with E-state index in [-0.39, 0.29) is 24.5 Å². The van der Waals surface area contributed by atoms with Gasteiger partial charge in [0.05, 0.1) is 31.4 Å². The molecule has 2 heterocycles. The second-order valence-electron chi connectivity index (χ2n) is 8.68. The summed E-state index contributed by atoms with van der Waals surface area (Å²) in [6.45, 7) is 5.74. The largest absolute Gasteiger partial charge is 0.507 e. The Balaban J connectivity index is 1.79. The normalized spacial score (nSPS) is 19.2. The molecule has 7 heteroatoms. The fourth-order valence-corrected chi connectivity index (χ4v) is 4.17. The van der Waals surface area contributed by atoms with Crippen LogP contribution in [0.5, 0.6) is 11.5 Å². The van der Waals surface area contributed by atoms with Crippen LogP contribution in [0.1, 0.15) is 36.6 Å². The van der Waals surface area contributed by atoms with E-state index in [1.165, 1.54) is 4.90 Å². The monoisotopic (exact) mass is 451 g/mol. The van der Waals surface area contributed by atoms with Crippen LogP contribution in [-0.4, -0.2) is 55.2 Å². The minimum absolute atomic E-state index is 0.0657. The van der Waals surface area contributed by atoms with E-state index >= 15 is 0 Å². The molecule has 0 aromatic heterocycles. The molecule has 2 aliphatic heterocycles. The Morgan fingerprint density at radius 1 is 1.21 bits per heavy atom. The van der Waals surface area contributed by atoms with Crippen molar-refractivity contribution in [3.8, 4) is 11.5 Å². The Kier molecular flexibility index (Phi) is 6.70. The van der Waals surface area contributed by atoms with Crippen LogP contribution in [0.15, 0.2) is 48.0 Å². The van der Waals surface area contributed by atoms with E-state index in [4.69, 9.17) is 14.2 Å². The highest BCUT2D eigenvalue weighted by Crippen LogP contribution is 2.41. The van der Waals surface area contributed by atoms with Gasteiger partial charge in [-0.3, -0.25) is 9.59 Å². The minimum atomic E-state index is -0.743. The number of hydrogen-bond donors (Lipinski definition) is 1. The first-order valence-electron chi connectivity index (χ1n) is 11.2. The molecule has 0 radical (unpaired) electrons. The van der Waals surface area contributed by atoms with Gasteiger partial charge in [0.25, 0.3) is 11.7 Å². The third-order valence-electron chi connectivity index (χ3n) is 5.80. The van der Waals surface area contributed by atoms with Gasteiger partial charge in [0.15, 0.2) is 0 Å². The SMILES string of the molecule is COCCN1C(=O)C(=O)/C(=C(\O)c2ccc3c(c2)CCO3)C1c1cccc(OCC(C)C)c1. The number of likely N-dealkylation sites (tertiary alicyclic amines) is 1. The van der Waals surface area contributed by atoms with Gasteiger partial charge in [-0.05, 0) is 47.4 Å². The molecule has 0 spiro atoms. The predicted octanol–water partition coefficient (Wildman–Crippen LogP) is 3.72. The van der Waals surface area contributed by atoms with Gasteiger partial charge in [0.1, 0.15) is 17.3 Å². The summed E-state index contributed by atoms with van der Waals surface area (Å²) < 4.78 is 16.6. The van der Waals surface area contributed by atoms with Crippen molar-refractivity contribution >= 4 is 17.4 Å². The number of benzene rings is 2. The lowest BCUT2D eigenvalue weighted by atomic mass is 9.94. The van der Waals surface area contributed by atoms with E-state index in [2.05, 4.69) is 13.8 Å². The standard InChI is InChI=1S/C26H29NO6/c1-16(2)15-33-20-6-4-5-18(14-20)23-22(25(29)26(30)27(23)10-12-31-3)24(28)19-7-8-21-17(13-19)9-11-32-21/h4-8,13-14,16,23,28H,9-12,15H2,1-3H3/b24-22-. The number of carbonyl (C=O) groups excluding carboxylic acids is 2. The fraction of sp³-hybridized carbons (Fsp3) is 0.385. The summed E-state index contributed by atoms with van der Waals surface area (Å²) >= 11 is 0. The van der Waals surface area contributed by atoms with E-state index in [0.717, 1.165) is 17.7 Å². The maximum atomic E-state index is 13.1. The van der Waals surface area contributed by atoms with Crippen molar-refractivity contribution in [3.05, 3.63) is 64.7 Å². The van der Waals surface area contributed by atoms with Crippen LogP contribution in [0.2, 0.25) is 0 Å². The molecule has 1 saturated heterocycles. The summed E-state index contributed by atoms with van der Waals surface area (Å²) in [5.74, 6) is 0.216. The Hall–Kier alpha value is -3.32. The Labute approximate surface area is 193 Å². The average Bonchev–Trinajstić information content (AvgIpc) is 3.38. The highest BCUT2D eigenvalue weighted by atomic mass is 16.5. The van der Waals surface area contributed by atoms with Gasteiger partial charge >= 0.3 is 0 Å². The Morgan fingerprint density at radius 2 is 2.03 bits per heavy atom. The zero-order valence-electron chi connectivity index (χ0n) is 19.2. The number of carbonyl (C=O) groups is 2. The van der Waals surface area contributed by atoms with Crippen molar-refractivity contribution in [2.75, 3.05) is 33.5 Å². The molecule has 7 nitrogen and oxygen atoms in total. The number of amides is 1. The van der Waals surface area contributed by atoms with Crippen LogP contribution in [0, 0.1) is 5.92 Å². The number of hydrogen-bond acceptors (Lipinski definition) is 6. The number of Topliss-reactive ketones (excluding diaryl/α,β-unsaturated/α-hetero) is 1. The number of ketones is 1. The van der Waals surface area contributed by atoms with Crippen molar-refractivity contribution in [1.82, 2.24) is 4.90 Å². The average molecular weight is 452 g/mol. The summed E-state index contributed by atoms with van der Waals surface area (Å²) in [5, 5.41) is 11.2. The molecule has 2 aromatic carbocycles. The van der Waals surface area contributed by atoms with Crippen LogP contribution in [0.4, 0.5) is 0 Å².